The van der Waals surface area contributed by atoms with Crippen LogP contribution in [0.2, 0.25) is 5.02 Å². The first kappa shape index (κ1) is 14.6. The van der Waals surface area contributed by atoms with Crippen molar-refractivity contribution in [3.63, 3.8) is 0 Å². The third kappa shape index (κ3) is 3.24. The molecule has 0 spiro atoms. The van der Waals surface area contributed by atoms with Crippen LogP contribution in [0.5, 0.6) is 5.75 Å². The minimum absolute atomic E-state index is 0. The van der Waals surface area contributed by atoms with Gasteiger partial charge in [0.2, 0.25) is 0 Å². The van der Waals surface area contributed by atoms with Gasteiger partial charge in [0.25, 0.3) is 0 Å². The molecular weight excluding hydrogens is 264 g/mol. The van der Waals surface area contributed by atoms with Gasteiger partial charge in [0, 0.05) is 6.04 Å². The molecule has 0 unspecified atom stereocenters. The van der Waals surface area contributed by atoms with E-state index in [2.05, 4.69) is 5.32 Å². The van der Waals surface area contributed by atoms with E-state index >= 15 is 0 Å². The molecule has 0 saturated carbocycles. The summed E-state index contributed by atoms with van der Waals surface area (Å²) in [7, 11) is 0. The third-order valence-electron chi connectivity index (χ3n) is 2.77. The summed E-state index contributed by atoms with van der Waals surface area (Å²) >= 11 is 6.00. The first-order valence-corrected chi connectivity index (χ1v) is 5.95. The normalized spacial score (nSPS) is 18.9. The Hall–Kier alpha value is -0.510. The van der Waals surface area contributed by atoms with Crippen LogP contribution in [0.15, 0.2) is 12.1 Å². The molecule has 2 nitrogen and oxygen atoms in total. The fraction of sp³-hybridized carbons (Fsp3) is 0.500. The molecule has 2 rings (SSSR count). The molecule has 1 saturated heterocycles. The van der Waals surface area contributed by atoms with Gasteiger partial charge in [-0.1, -0.05) is 11.6 Å². The van der Waals surface area contributed by atoms with Gasteiger partial charge in [-0.25, -0.2) is 4.39 Å². The predicted molar refractivity (Wildman–Crippen MR) is 69.8 cm³/mol. The molecule has 0 radical (unpaired) electrons. The monoisotopic (exact) mass is 279 g/mol. The van der Waals surface area contributed by atoms with Crippen LogP contribution in [-0.2, 0) is 0 Å². The average molecular weight is 280 g/mol. The predicted octanol–water partition coefficient (Wildman–Crippen LogP) is 3.72. The number of hydrogen-bond acceptors (Lipinski definition) is 2. The van der Waals surface area contributed by atoms with Crippen LogP contribution >= 0.6 is 24.0 Å². The van der Waals surface area contributed by atoms with Crippen molar-refractivity contribution in [3.8, 4) is 5.75 Å². The Morgan fingerprint density at radius 1 is 1.53 bits per heavy atom. The zero-order valence-electron chi connectivity index (χ0n) is 9.63. The highest BCUT2D eigenvalue weighted by molar-refractivity contribution is 6.32. The second-order valence-electron chi connectivity index (χ2n) is 3.90. The molecule has 1 N–H and O–H groups in total. The Labute approximate surface area is 112 Å². The quantitative estimate of drug-likeness (QED) is 0.911. The maximum absolute atomic E-state index is 13.7. The minimum atomic E-state index is -0.377. The van der Waals surface area contributed by atoms with Crippen molar-refractivity contribution >= 4 is 24.0 Å². The smallest absolute Gasteiger partial charge is 0.173 e. The molecule has 0 aromatic heterocycles. The summed E-state index contributed by atoms with van der Waals surface area (Å²) in [6, 6.07) is 3.53. The highest BCUT2D eigenvalue weighted by Gasteiger charge is 2.19. The first-order chi connectivity index (χ1) is 7.72. The summed E-state index contributed by atoms with van der Waals surface area (Å²) in [6.45, 7) is 3.21. The lowest BCUT2D eigenvalue weighted by atomic mass is 10.1. The van der Waals surface area contributed by atoms with Gasteiger partial charge >= 0.3 is 0 Å². The van der Waals surface area contributed by atoms with Crippen LogP contribution in [0.3, 0.4) is 0 Å². The Kier molecular flexibility index (Phi) is 5.50. The van der Waals surface area contributed by atoms with E-state index in [4.69, 9.17) is 16.3 Å². The van der Waals surface area contributed by atoms with E-state index < -0.39 is 0 Å². The van der Waals surface area contributed by atoms with Gasteiger partial charge < -0.3 is 10.1 Å². The standard InChI is InChI=1S/C12H15ClFNO.ClH/c1-2-16-12-9(13)6-8(7-10(12)14)11-4-3-5-15-11;/h6-7,11,15H,2-5H2,1H3;1H/t11-;/m0./s1. The van der Waals surface area contributed by atoms with E-state index in [0.29, 0.717) is 11.6 Å². The molecule has 96 valence electrons. The van der Waals surface area contributed by atoms with Gasteiger partial charge in [-0.3, -0.25) is 0 Å². The lowest BCUT2D eigenvalue weighted by Crippen LogP contribution is -2.13. The second-order valence-corrected chi connectivity index (χ2v) is 4.30. The molecule has 0 amide bonds. The van der Waals surface area contributed by atoms with Crippen LogP contribution in [0.4, 0.5) is 4.39 Å². The molecule has 1 aromatic carbocycles. The number of nitrogens with one attached hydrogen (secondary N) is 1. The van der Waals surface area contributed by atoms with Crippen molar-refractivity contribution in [3.05, 3.63) is 28.5 Å². The van der Waals surface area contributed by atoms with E-state index in [1.165, 1.54) is 6.07 Å². The molecule has 1 aromatic rings. The topological polar surface area (TPSA) is 21.3 Å². The number of ether oxygens (including phenoxy) is 1. The molecule has 17 heavy (non-hydrogen) atoms. The minimum Gasteiger partial charge on any atom is -0.489 e. The van der Waals surface area contributed by atoms with Gasteiger partial charge in [-0.15, -0.1) is 12.4 Å². The van der Waals surface area contributed by atoms with Gasteiger partial charge in [-0.05, 0) is 44.0 Å². The van der Waals surface area contributed by atoms with Crippen molar-refractivity contribution in [1.29, 1.82) is 0 Å². The van der Waals surface area contributed by atoms with Crippen LogP contribution in [0.1, 0.15) is 31.4 Å². The van der Waals surface area contributed by atoms with E-state index in [-0.39, 0.29) is 30.0 Å². The highest BCUT2D eigenvalue weighted by Crippen LogP contribution is 2.33. The molecule has 1 aliphatic heterocycles. The van der Waals surface area contributed by atoms with Crippen LogP contribution < -0.4 is 10.1 Å². The maximum Gasteiger partial charge on any atom is 0.173 e. The first-order valence-electron chi connectivity index (χ1n) is 5.57. The summed E-state index contributed by atoms with van der Waals surface area (Å²) in [4.78, 5) is 0. The van der Waals surface area contributed by atoms with Gasteiger partial charge in [0.15, 0.2) is 11.6 Å². The van der Waals surface area contributed by atoms with Crippen molar-refractivity contribution in [1.82, 2.24) is 5.32 Å². The number of halogens is 3. The Morgan fingerprint density at radius 3 is 2.82 bits per heavy atom. The molecule has 1 atom stereocenters. The lowest BCUT2D eigenvalue weighted by molar-refractivity contribution is 0.321. The van der Waals surface area contributed by atoms with E-state index in [9.17, 15) is 4.39 Å². The molecule has 1 aliphatic rings. The number of benzene rings is 1. The summed E-state index contributed by atoms with van der Waals surface area (Å²) in [6.07, 6.45) is 2.15. The van der Waals surface area contributed by atoms with E-state index in [1.54, 1.807) is 6.07 Å². The van der Waals surface area contributed by atoms with Crippen molar-refractivity contribution < 1.29 is 9.13 Å². The highest BCUT2D eigenvalue weighted by atomic mass is 35.5. The SMILES string of the molecule is CCOc1c(F)cc([C@@H]2CCCN2)cc1Cl.Cl. The zero-order chi connectivity index (χ0) is 11.5. The number of hydrogen-bond donors (Lipinski definition) is 1. The molecule has 0 aliphatic carbocycles. The maximum atomic E-state index is 13.7. The average Bonchev–Trinajstić information content (AvgIpc) is 2.76. The Balaban J connectivity index is 0.00000144. The Morgan fingerprint density at radius 2 is 2.29 bits per heavy atom. The van der Waals surface area contributed by atoms with Gasteiger partial charge in [-0.2, -0.15) is 0 Å². The molecular formula is C12H16Cl2FNO. The van der Waals surface area contributed by atoms with Gasteiger partial charge in [0.1, 0.15) is 0 Å². The van der Waals surface area contributed by atoms with Crippen molar-refractivity contribution in [2.45, 2.75) is 25.8 Å². The summed E-state index contributed by atoms with van der Waals surface area (Å²) < 4.78 is 18.9. The zero-order valence-corrected chi connectivity index (χ0v) is 11.2. The summed E-state index contributed by atoms with van der Waals surface area (Å²) in [5, 5.41) is 3.67. The largest absolute Gasteiger partial charge is 0.489 e. The van der Waals surface area contributed by atoms with Crippen molar-refractivity contribution in [2.24, 2.45) is 0 Å². The molecule has 1 fully saturated rings. The fourth-order valence-electron chi connectivity index (χ4n) is 2.03. The van der Waals surface area contributed by atoms with E-state index in [0.717, 1.165) is 24.9 Å². The molecule has 0 bridgehead atoms. The van der Waals surface area contributed by atoms with Gasteiger partial charge in [0.05, 0.1) is 11.6 Å². The summed E-state index contributed by atoms with van der Waals surface area (Å²) in [5.41, 5.74) is 0.906. The lowest BCUT2D eigenvalue weighted by Gasteiger charge is -2.14. The Bertz CT molecular complexity index is 358. The summed E-state index contributed by atoms with van der Waals surface area (Å²) in [5.74, 6) is -0.219. The number of rotatable bonds is 3. The van der Waals surface area contributed by atoms with Crippen LogP contribution in [-0.4, -0.2) is 13.2 Å². The molecule has 5 heteroatoms. The second kappa shape index (κ2) is 6.43. The van der Waals surface area contributed by atoms with Crippen LogP contribution in [0.25, 0.3) is 0 Å². The third-order valence-corrected chi connectivity index (χ3v) is 3.05. The fourth-order valence-corrected chi connectivity index (χ4v) is 2.30. The van der Waals surface area contributed by atoms with E-state index in [1.807, 2.05) is 6.92 Å². The molecule has 1 heterocycles. The van der Waals surface area contributed by atoms with Crippen molar-refractivity contribution in [2.75, 3.05) is 13.2 Å². The van der Waals surface area contributed by atoms with Crippen LogP contribution in [0, 0.1) is 5.82 Å².